The largest absolute Gasteiger partial charge is 0.317 e. The second-order valence-electron chi connectivity index (χ2n) is 4.31. The smallest absolute Gasteiger partial charge is 0.0233 e. The van der Waals surface area contributed by atoms with E-state index < -0.39 is 0 Å². The molecule has 1 heterocycles. The summed E-state index contributed by atoms with van der Waals surface area (Å²) in [5.74, 6) is 0. The van der Waals surface area contributed by atoms with Gasteiger partial charge < -0.3 is 5.32 Å². The molecule has 1 saturated heterocycles. The van der Waals surface area contributed by atoms with E-state index >= 15 is 0 Å². The molecule has 0 amide bonds. The van der Waals surface area contributed by atoms with E-state index in [9.17, 15) is 0 Å². The van der Waals surface area contributed by atoms with Gasteiger partial charge in [0.2, 0.25) is 0 Å². The van der Waals surface area contributed by atoms with E-state index in [0.29, 0.717) is 6.04 Å². The number of nitrogens with one attached hydrogen (secondary N) is 1. The van der Waals surface area contributed by atoms with E-state index in [0.717, 1.165) is 6.54 Å². The lowest BCUT2D eigenvalue weighted by molar-refractivity contribution is 0.217. The maximum absolute atomic E-state index is 3.87. The van der Waals surface area contributed by atoms with E-state index in [1.807, 2.05) is 13.0 Å². The summed E-state index contributed by atoms with van der Waals surface area (Å²) in [5, 5.41) is 3.35. The van der Waals surface area contributed by atoms with Gasteiger partial charge in [-0.2, -0.15) is 0 Å². The van der Waals surface area contributed by atoms with E-state index in [-0.39, 0.29) is 0 Å². The van der Waals surface area contributed by atoms with Gasteiger partial charge >= 0.3 is 0 Å². The maximum atomic E-state index is 3.87. The first kappa shape index (κ1) is 13.2. The summed E-state index contributed by atoms with van der Waals surface area (Å²) in [6.07, 6.45) is 10.8. The average Bonchev–Trinajstić information content (AvgIpc) is 2.35. The third-order valence-electron chi connectivity index (χ3n) is 3.17. The summed E-state index contributed by atoms with van der Waals surface area (Å²) in [6.45, 7) is 9.31. The van der Waals surface area contributed by atoms with Crippen molar-refractivity contribution in [2.75, 3.05) is 26.7 Å². The van der Waals surface area contributed by atoms with E-state index in [1.54, 1.807) is 0 Å². The minimum absolute atomic E-state index is 0.711. The molecule has 1 fully saturated rings. The fourth-order valence-corrected chi connectivity index (χ4v) is 2.04. The zero-order valence-electron chi connectivity index (χ0n) is 10.6. The Morgan fingerprint density at radius 1 is 1.44 bits per heavy atom. The summed E-state index contributed by atoms with van der Waals surface area (Å²) in [4.78, 5) is 2.50. The van der Waals surface area contributed by atoms with Crippen LogP contribution in [0.3, 0.4) is 0 Å². The predicted octanol–water partition coefficient (Wildman–Crippen LogP) is 2.36. The third kappa shape index (κ3) is 4.33. The lowest BCUT2D eigenvalue weighted by Crippen LogP contribution is -2.41. The summed E-state index contributed by atoms with van der Waals surface area (Å²) in [5.41, 5.74) is 1.31. The van der Waals surface area contributed by atoms with Gasteiger partial charge in [-0.05, 0) is 45.5 Å². The Labute approximate surface area is 99.7 Å². The molecule has 0 bridgehead atoms. The molecule has 0 unspecified atom stereocenters. The van der Waals surface area contributed by atoms with Crippen molar-refractivity contribution in [1.82, 2.24) is 10.2 Å². The number of allylic oxidation sites excluding steroid dienone is 3. The van der Waals surface area contributed by atoms with Gasteiger partial charge in [0.15, 0.2) is 0 Å². The molecule has 1 N–H and O–H groups in total. The number of piperidine rings is 1. The van der Waals surface area contributed by atoms with Crippen molar-refractivity contribution in [2.45, 2.75) is 25.8 Å². The Kier molecular flexibility index (Phi) is 6.12. The monoisotopic (exact) mass is 220 g/mol. The van der Waals surface area contributed by atoms with Crippen LogP contribution in [0.5, 0.6) is 0 Å². The zero-order valence-corrected chi connectivity index (χ0v) is 10.6. The van der Waals surface area contributed by atoms with Crippen LogP contribution >= 0.6 is 0 Å². The first-order valence-corrected chi connectivity index (χ1v) is 6.14. The SMILES string of the molecule is C=C/C(=C\C=C/C)CN1CCC(NC)CC1. The molecule has 2 heteroatoms. The van der Waals surface area contributed by atoms with Crippen molar-refractivity contribution in [3.8, 4) is 0 Å². The van der Waals surface area contributed by atoms with E-state index in [2.05, 4.69) is 42.1 Å². The zero-order chi connectivity index (χ0) is 11.8. The molecule has 0 aliphatic carbocycles. The van der Waals surface area contributed by atoms with Crippen LogP contribution in [0.25, 0.3) is 0 Å². The average molecular weight is 220 g/mol. The van der Waals surface area contributed by atoms with Gasteiger partial charge in [-0.25, -0.2) is 0 Å². The molecule has 1 rings (SSSR count). The van der Waals surface area contributed by atoms with Gasteiger partial charge in [0.1, 0.15) is 0 Å². The molecule has 2 nitrogen and oxygen atoms in total. The topological polar surface area (TPSA) is 15.3 Å². The van der Waals surface area contributed by atoms with Crippen molar-refractivity contribution in [3.63, 3.8) is 0 Å². The summed E-state index contributed by atoms with van der Waals surface area (Å²) in [6, 6.07) is 0.711. The van der Waals surface area contributed by atoms with Gasteiger partial charge in [-0.3, -0.25) is 4.90 Å². The summed E-state index contributed by atoms with van der Waals surface area (Å²) >= 11 is 0. The second-order valence-corrected chi connectivity index (χ2v) is 4.31. The third-order valence-corrected chi connectivity index (χ3v) is 3.17. The van der Waals surface area contributed by atoms with Crippen LogP contribution in [-0.4, -0.2) is 37.6 Å². The molecule has 0 aromatic rings. The van der Waals surface area contributed by atoms with Crippen LogP contribution in [0, 0.1) is 0 Å². The normalized spacial score (nSPS) is 20.5. The van der Waals surface area contributed by atoms with Crippen molar-refractivity contribution in [2.24, 2.45) is 0 Å². The van der Waals surface area contributed by atoms with Crippen molar-refractivity contribution in [3.05, 3.63) is 36.5 Å². The van der Waals surface area contributed by atoms with Crippen molar-refractivity contribution < 1.29 is 0 Å². The Morgan fingerprint density at radius 3 is 2.62 bits per heavy atom. The van der Waals surface area contributed by atoms with Crippen LogP contribution < -0.4 is 5.32 Å². The molecule has 1 aliphatic rings. The molecule has 0 atom stereocenters. The van der Waals surface area contributed by atoms with Gasteiger partial charge in [0.25, 0.3) is 0 Å². The van der Waals surface area contributed by atoms with Crippen LogP contribution in [0.1, 0.15) is 19.8 Å². The van der Waals surface area contributed by atoms with Crippen LogP contribution in [0.15, 0.2) is 36.5 Å². The fourth-order valence-electron chi connectivity index (χ4n) is 2.04. The summed E-state index contributed by atoms with van der Waals surface area (Å²) < 4.78 is 0. The Morgan fingerprint density at radius 2 is 2.12 bits per heavy atom. The van der Waals surface area contributed by atoms with Crippen molar-refractivity contribution in [1.29, 1.82) is 0 Å². The highest BCUT2D eigenvalue weighted by molar-refractivity contribution is 5.23. The first-order chi connectivity index (χ1) is 7.80. The van der Waals surface area contributed by atoms with Crippen LogP contribution in [0.2, 0.25) is 0 Å². The Balaban J connectivity index is 2.39. The molecule has 16 heavy (non-hydrogen) atoms. The van der Waals surface area contributed by atoms with Crippen molar-refractivity contribution >= 4 is 0 Å². The van der Waals surface area contributed by atoms with E-state index in [1.165, 1.54) is 31.5 Å². The van der Waals surface area contributed by atoms with Crippen LogP contribution in [0.4, 0.5) is 0 Å². The lowest BCUT2D eigenvalue weighted by Gasteiger charge is -2.31. The van der Waals surface area contributed by atoms with Gasteiger partial charge in [0, 0.05) is 12.6 Å². The Bertz CT molecular complexity index is 258. The fraction of sp³-hybridized carbons (Fsp3) is 0.571. The highest BCUT2D eigenvalue weighted by Crippen LogP contribution is 2.12. The molecular weight excluding hydrogens is 196 g/mol. The van der Waals surface area contributed by atoms with Gasteiger partial charge in [-0.1, -0.05) is 30.9 Å². The second kappa shape index (κ2) is 7.42. The molecule has 0 saturated carbocycles. The molecule has 90 valence electrons. The lowest BCUT2D eigenvalue weighted by atomic mass is 10.0. The number of hydrogen-bond acceptors (Lipinski definition) is 2. The first-order valence-electron chi connectivity index (χ1n) is 6.14. The highest BCUT2D eigenvalue weighted by Gasteiger charge is 2.17. The Hall–Kier alpha value is -0.860. The van der Waals surface area contributed by atoms with E-state index in [4.69, 9.17) is 0 Å². The number of hydrogen-bond donors (Lipinski definition) is 1. The molecular formula is C14H24N2. The minimum Gasteiger partial charge on any atom is -0.317 e. The maximum Gasteiger partial charge on any atom is 0.0233 e. The molecule has 0 aromatic carbocycles. The van der Waals surface area contributed by atoms with Gasteiger partial charge in [0.05, 0.1) is 0 Å². The number of nitrogens with zero attached hydrogens (tertiary/aromatic N) is 1. The molecule has 1 aliphatic heterocycles. The summed E-state index contributed by atoms with van der Waals surface area (Å²) in [7, 11) is 2.06. The molecule has 0 spiro atoms. The molecule has 0 aromatic heterocycles. The predicted molar refractivity (Wildman–Crippen MR) is 71.6 cm³/mol. The van der Waals surface area contributed by atoms with Crippen LogP contribution in [-0.2, 0) is 0 Å². The highest BCUT2D eigenvalue weighted by atomic mass is 15.1. The standard InChI is InChI=1S/C14H24N2/c1-4-6-7-13(5-2)12-16-10-8-14(15-3)9-11-16/h4-7,14-15H,2,8-12H2,1,3H3/b6-4-,13-7+. The van der Waals surface area contributed by atoms with Gasteiger partial charge in [-0.15, -0.1) is 0 Å². The quantitative estimate of drug-likeness (QED) is 0.716. The minimum atomic E-state index is 0.711. The number of rotatable bonds is 5. The number of likely N-dealkylation sites (tertiary alicyclic amines) is 1. The molecule has 0 radical (unpaired) electrons.